The lowest BCUT2D eigenvalue weighted by atomic mass is 10.1. The van der Waals surface area contributed by atoms with Crippen molar-refractivity contribution in [3.8, 4) is 0 Å². The molecule has 0 bridgehead atoms. The summed E-state index contributed by atoms with van der Waals surface area (Å²) in [6.07, 6.45) is 1.35. The molecule has 8 heteroatoms. The summed E-state index contributed by atoms with van der Waals surface area (Å²) < 4.78 is 27.2. The number of amides is 1. The lowest BCUT2D eigenvalue weighted by Gasteiger charge is -2.23. The first-order chi connectivity index (χ1) is 14.2. The second-order valence-electron chi connectivity index (χ2n) is 7.33. The Hall–Kier alpha value is -2.87. The van der Waals surface area contributed by atoms with Gasteiger partial charge in [-0.2, -0.15) is 5.10 Å². The minimum absolute atomic E-state index is 0.169. The molecule has 8 nitrogen and oxygen atoms in total. The first-order valence-electron chi connectivity index (χ1n) is 10.3. The molecule has 0 radical (unpaired) electrons. The Morgan fingerprint density at radius 2 is 2.00 bits per heavy atom. The average Bonchev–Trinajstić information content (AvgIpc) is 3.10. The maximum absolute atomic E-state index is 11.6. The zero-order chi connectivity index (χ0) is 23.8. The van der Waals surface area contributed by atoms with Gasteiger partial charge in [-0.3, -0.25) is 4.68 Å². The fraction of sp³-hybridized carbons (Fsp3) is 0.450. The van der Waals surface area contributed by atoms with Crippen molar-refractivity contribution < 1.29 is 29.3 Å². The maximum Gasteiger partial charge on any atom is 0.408 e. The van der Waals surface area contributed by atoms with Crippen molar-refractivity contribution in [2.75, 3.05) is 0 Å². The number of carboxylic acids is 1. The number of aryl methyl sites for hydroxylation is 1. The van der Waals surface area contributed by atoms with E-state index in [1.807, 2.05) is 18.2 Å². The molecule has 1 amide bonds. The van der Waals surface area contributed by atoms with Crippen molar-refractivity contribution in [2.24, 2.45) is 6.98 Å². The number of alkyl carbamates (subject to hydrolysis) is 1. The van der Waals surface area contributed by atoms with Gasteiger partial charge in [0, 0.05) is 29.3 Å². The Labute approximate surface area is 169 Å². The molecule has 1 aromatic carbocycles. The van der Waals surface area contributed by atoms with Gasteiger partial charge in [-0.1, -0.05) is 30.3 Å². The number of hydrogen-bond acceptors (Lipinski definition) is 5. The van der Waals surface area contributed by atoms with Crippen molar-refractivity contribution >= 4 is 12.1 Å². The van der Waals surface area contributed by atoms with Crippen LogP contribution >= 0.6 is 0 Å². The zero-order valence-electron chi connectivity index (χ0n) is 19.6. The average molecular weight is 394 g/mol. The number of aromatic nitrogens is 2. The summed E-state index contributed by atoms with van der Waals surface area (Å²) in [6.45, 7) is 4.56. The van der Waals surface area contributed by atoms with E-state index in [2.05, 4.69) is 35.2 Å². The predicted molar refractivity (Wildman–Crippen MR) is 103 cm³/mol. The molecule has 2 atom stereocenters. The summed E-state index contributed by atoms with van der Waals surface area (Å²) in [5.74, 6) is -1.51. The molecule has 4 N–H and O–H groups in total. The number of quaternary nitrogens is 1. The van der Waals surface area contributed by atoms with Crippen LogP contribution in [-0.2, 0) is 22.9 Å². The third-order valence-corrected chi connectivity index (χ3v) is 3.42. The van der Waals surface area contributed by atoms with Crippen LogP contribution in [0.1, 0.15) is 49.0 Å². The first-order valence-corrected chi connectivity index (χ1v) is 8.81. The van der Waals surface area contributed by atoms with Crippen LogP contribution in [0.25, 0.3) is 0 Å². The monoisotopic (exact) mass is 393 g/mol. The minimum atomic E-state index is -2.45. The molecule has 0 unspecified atom stereocenters. The first kappa shape index (κ1) is 18.5. The van der Waals surface area contributed by atoms with E-state index in [0.717, 1.165) is 4.68 Å². The van der Waals surface area contributed by atoms with E-state index in [1.54, 1.807) is 20.8 Å². The van der Waals surface area contributed by atoms with Crippen molar-refractivity contribution in [1.82, 2.24) is 15.1 Å². The minimum Gasteiger partial charge on any atom is -0.548 e. The van der Waals surface area contributed by atoms with E-state index in [-0.39, 0.29) is 6.42 Å². The van der Waals surface area contributed by atoms with Gasteiger partial charge in [-0.25, -0.2) is 4.79 Å². The van der Waals surface area contributed by atoms with Gasteiger partial charge in [-0.05, 0) is 33.3 Å². The Kier molecular flexibility index (Phi) is 6.91. The summed E-state index contributed by atoms with van der Waals surface area (Å²) in [5, 5.41) is 16.9. The molecule has 1 aromatic heterocycles. The predicted octanol–water partition coefficient (Wildman–Crippen LogP) is 0.595. The number of benzene rings is 1. The highest BCUT2D eigenvalue weighted by atomic mass is 16.6. The van der Waals surface area contributed by atoms with Crippen molar-refractivity contribution in [3.05, 3.63) is 53.9 Å². The Morgan fingerprint density at radius 3 is 2.43 bits per heavy atom. The molecule has 28 heavy (non-hydrogen) atoms. The SMILES string of the molecule is C[C@@H]([NH3+])c1ccccc1.[2H]C([2H])([2H])n1cc(C[C@@H](NC(=O)OC(C)(C)C)C(=O)[O-])cn1. The van der Waals surface area contributed by atoms with Gasteiger partial charge in [0.2, 0.25) is 0 Å². The quantitative estimate of drug-likeness (QED) is 0.770. The zero-order valence-corrected chi connectivity index (χ0v) is 16.6. The summed E-state index contributed by atoms with van der Waals surface area (Å²) in [6, 6.07) is 9.34. The molecule has 0 fully saturated rings. The van der Waals surface area contributed by atoms with E-state index < -0.39 is 30.7 Å². The van der Waals surface area contributed by atoms with Crippen LogP contribution in [-0.4, -0.2) is 33.5 Å². The third kappa shape index (κ3) is 9.18. The van der Waals surface area contributed by atoms with Crippen molar-refractivity contribution in [3.63, 3.8) is 0 Å². The number of nitrogens with one attached hydrogen (secondary N) is 1. The van der Waals surface area contributed by atoms with Crippen LogP contribution in [0.2, 0.25) is 0 Å². The molecule has 0 aliphatic rings. The normalized spacial score (nSPS) is 15.0. The molecule has 0 aliphatic carbocycles. The molecule has 2 aromatic rings. The maximum atomic E-state index is 11.6. The van der Waals surface area contributed by atoms with Gasteiger partial charge in [0.1, 0.15) is 11.6 Å². The van der Waals surface area contributed by atoms with Gasteiger partial charge >= 0.3 is 6.09 Å². The van der Waals surface area contributed by atoms with Crippen molar-refractivity contribution in [1.29, 1.82) is 0 Å². The van der Waals surface area contributed by atoms with Crippen LogP contribution in [0.3, 0.4) is 0 Å². The lowest BCUT2D eigenvalue weighted by molar-refractivity contribution is -0.420. The number of carboxylic acid groups (broad SMARTS) is 1. The fourth-order valence-electron chi connectivity index (χ4n) is 2.13. The molecule has 2 rings (SSSR count). The number of ether oxygens (including phenoxy) is 1. The second-order valence-corrected chi connectivity index (χ2v) is 7.33. The topological polar surface area (TPSA) is 124 Å². The van der Waals surface area contributed by atoms with E-state index in [9.17, 15) is 14.7 Å². The number of hydrogen-bond donors (Lipinski definition) is 2. The Bertz CT molecular complexity index is 846. The van der Waals surface area contributed by atoms with Crippen LogP contribution in [0.15, 0.2) is 42.7 Å². The van der Waals surface area contributed by atoms with Crippen LogP contribution in [0.4, 0.5) is 4.79 Å². The number of nitrogens with zero attached hydrogens (tertiary/aromatic N) is 2. The van der Waals surface area contributed by atoms with E-state index in [4.69, 9.17) is 8.85 Å². The van der Waals surface area contributed by atoms with Gasteiger partial charge in [0.25, 0.3) is 0 Å². The highest BCUT2D eigenvalue weighted by Crippen LogP contribution is 2.08. The Morgan fingerprint density at radius 1 is 1.36 bits per heavy atom. The molecular weight excluding hydrogens is 360 g/mol. The summed E-state index contributed by atoms with van der Waals surface area (Å²) >= 11 is 0. The fourth-order valence-corrected chi connectivity index (χ4v) is 2.13. The smallest absolute Gasteiger partial charge is 0.408 e. The van der Waals surface area contributed by atoms with Crippen LogP contribution < -0.4 is 16.2 Å². The van der Waals surface area contributed by atoms with Crippen molar-refractivity contribution in [2.45, 2.75) is 51.8 Å². The summed E-state index contributed by atoms with van der Waals surface area (Å²) in [7, 11) is 0. The molecule has 1 heterocycles. The van der Waals surface area contributed by atoms with Gasteiger partial charge in [0.15, 0.2) is 0 Å². The van der Waals surface area contributed by atoms with E-state index in [0.29, 0.717) is 11.6 Å². The number of carbonyl (C=O) groups is 2. The lowest BCUT2D eigenvalue weighted by Crippen LogP contribution is -2.51. The highest BCUT2D eigenvalue weighted by Gasteiger charge is 2.20. The third-order valence-electron chi connectivity index (χ3n) is 3.42. The molecule has 0 saturated heterocycles. The summed E-state index contributed by atoms with van der Waals surface area (Å²) in [4.78, 5) is 22.7. The Balaban J connectivity index is 0.000000442. The van der Waals surface area contributed by atoms with E-state index >= 15 is 0 Å². The van der Waals surface area contributed by atoms with Crippen LogP contribution in [0, 0.1) is 0 Å². The summed E-state index contributed by atoms with van der Waals surface area (Å²) in [5.41, 5.74) is 4.78. The second kappa shape index (κ2) is 10.5. The highest BCUT2D eigenvalue weighted by molar-refractivity contribution is 5.79. The van der Waals surface area contributed by atoms with Gasteiger partial charge in [-0.15, -0.1) is 0 Å². The molecule has 154 valence electrons. The number of rotatable bonds is 5. The van der Waals surface area contributed by atoms with E-state index in [1.165, 1.54) is 18.0 Å². The number of carbonyl (C=O) groups excluding carboxylic acids is 2. The largest absolute Gasteiger partial charge is 0.548 e. The number of aliphatic carboxylic acids is 1. The van der Waals surface area contributed by atoms with Gasteiger partial charge in [0.05, 0.1) is 18.2 Å². The molecule has 0 aliphatic heterocycles. The molecular formula is C20H30N4O4. The standard InChI is InChI=1S/C12H19N3O4.C8H11N/c1-12(2,3)19-11(18)14-9(10(16)17)5-8-6-13-15(4)7-8;1-7(9)8-5-3-2-4-6-8/h6-7,9H,5H2,1-4H3,(H,14,18)(H,16,17);2-7H,9H2,1H3/t9-;7-/m11/s1/i4D3;. The van der Waals surface area contributed by atoms with Crippen LogP contribution in [0.5, 0.6) is 0 Å². The molecule has 0 spiro atoms. The molecule has 0 saturated carbocycles. The van der Waals surface area contributed by atoms with Gasteiger partial charge < -0.3 is 25.7 Å².